The first kappa shape index (κ1) is 12.8. The van der Waals surface area contributed by atoms with E-state index in [1.807, 2.05) is 26.0 Å². The number of esters is 1. The van der Waals surface area contributed by atoms with Gasteiger partial charge < -0.3 is 4.74 Å². The van der Waals surface area contributed by atoms with Crippen molar-refractivity contribution in [2.24, 2.45) is 0 Å². The zero-order valence-electron chi connectivity index (χ0n) is 9.71. The lowest BCUT2D eigenvalue weighted by atomic mass is 10.0. The summed E-state index contributed by atoms with van der Waals surface area (Å²) >= 11 is 5.92. The maximum absolute atomic E-state index is 11.2. The average molecular weight is 239 g/mol. The fourth-order valence-electron chi connectivity index (χ4n) is 1.53. The fraction of sp³-hybridized carbons (Fsp3) is 0.308. The Bertz CT molecular complexity index is 399. The minimum atomic E-state index is -0.323. The summed E-state index contributed by atoms with van der Waals surface area (Å²) in [4.78, 5) is 11.2. The van der Waals surface area contributed by atoms with Crippen LogP contribution in [0, 0.1) is 13.8 Å². The van der Waals surface area contributed by atoms with E-state index in [2.05, 4.69) is 0 Å². The predicted octanol–water partition coefficient (Wildman–Crippen LogP) is 3.53. The SMILES string of the molecule is CCOC(=O)C=Cc1c(C)cc(Cl)cc1C. The summed E-state index contributed by atoms with van der Waals surface area (Å²) in [5, 5.41) is 0.711. The molecule has 0 saturated carbocycles. The summed E-state index contributed by atoms with van der Waals surface area (Å²) in [7, 11) is 0. The lowest BCUT2D eigenvalue weighted by Gasteiger charge is -2.05. The number of rotatable bonds is 3. The van der Waals surface area contributed by atoms with Crippen molar-refractivity contribution in [3.05, 3.63) is 39.9 Å². The van der Waals surface area contributed by atoms with Gasteiger partial charge in [0.25, 0.3) is 0 Å². The molecule has 1 rings (SSSR count). The molecule has 0 radical (unpaired) electrons. The van der Waals surface area contributed by atoms with E-state index in [9.17, 15) is 4.79 Å². The van der Waals surface area contributed by atoms with E-state index in [4.69, 9.17) is 16.3 Å². The summed E-state index contributed by atoms with van der Waals surface area (Å²) in [5.41, 5.74) is 3.11. The monoisotopic (exact) mass is 238 g/mol. The molecule has 0 saturated heterocycles. The van der Waals surface area contributed by atoms with Gasteiger partial charge in [0.15, 0.2) is 0 Å². The standard InChI is InChI=1S/C13H15ClO2/c1-4-16-13(15)6-5-12-9(2)7-11(14)8-10(12)3/h5-8H,4H2,1-3H3. The van der Waals surface area contributed by atoms with Crippen molar-refractivity contribution in [2.45, 2.75) is 20.8 Å². The number of ether oxygens (including phenoxy) is 1. The summed E-state index contributed by atoms with van der Waals surface area (Å²) in [6, 6.07) is 3.75. The van der Waals surface area contributed by atoms with Crippen LogP contribution in [0.4, 0.5) is 0 Å². The molecule has 3 heteroatoms. The van der Waals surface area contributed by atoms with Gasteiger partial charge in [-0.25, -0.2) is 4.79 Å². The van der Waals surface area contributed by atoms with Crippen LogP contribution in [0.25, 0.3) is 6.08 Å². The second-order valence-electron chi connectivity index (χ2n) is 3.54. The van der Waals surface area contributed by atoms with E-state index in [1.165, 1.54) is 6.08 Å². The Labute approximate surface area is 101 Å². The Morgan fingerprint density at radius 2 is 1.94 bits per heavy atom. The Balaban J connectivity index is 2.93. The van der Waals surface area contributed by atoms with Gasteiger partial charge in [-0.1, -0.05) is 11.6 Å². The van der Waals surface area contributed by atoms with Gasteiger partial charge in [0, 0.05) is 11.1 Å². The molecular formula is C13H15ClO2. The normalized spacial score (nSPS) is 10.8. The van der Waals surface area contributed by atoms with Crippen molar-refractivity contribution >= 4 is 23.6 Å². The first-order chi connectivity index (χ1) is 7.54. The second-order valence-corrected chi connectivity index (χ2v) is 3.98. The third kappa shape index (κ3) is 3.38. The van der Waals surface area contributed by atoms with Crippen LogP contribution in [0.2, 0.25) is 5.02 Å². The van der Waals surface area contributed by atoms with Crippen molar-refractivity contribution in [2.75, 3.05) is 6.61 Å². The third-order valence-electron chi connectivity index (χ3n) is 2.23. The smallest absolute Gasteiger partial charge is 0.330 e. The maximum atomic E-state index is 11.2. The Morgan fingerprint density at radius 3 is 2.44 bits per heavy atom. The molecule has 0 fully saturated rings. The maximum Gasteiger partial charge on any atom is 0.330 e. The van der Waals surface area contributed by atoms with Crippen molar-refractivity contribution in [1.82, 2.24) is 0 Å². The summed E-state index contributed by atoms with van der Waals surface area (Å²) in [6.45, 7) is 6.10. The van der Waals surface area contributed by atoms with Gasteiger partial charge in [0.05, 0.1) is 6.61 Å². The number of carbonyl (C=O) groups excluding carboxylic acids is 1. The first-order valence-corrected chi connectivity index (χ1v) is 5.54. The van der Waals surface area contributed by atoms with E-state index < -0.39 is 0 Å². The molecule has 0 heterocycles. The molecule has 0 unspecified atom stereocenters. The molecular weight excluding hydrogens is 224 g/mol. The molecule has 86 valence electrons. The Kier molecular flexibility index (Phi) is 4.56. The van der Waals surface area contributed by atoms with Gasteiger partial charge in [-0.3, -0.25) is 0 Å². The van der Waals surface area contributed by atoms with Crippen molar-refractivity contribution in [3.8, 4) is 0 Å². The molecule has 1 aromatic carbocycles. The minimum absolute atomic E-state index is 0.323. The van der Waals surface area contributed by atoms with Crippen LogP contribution >= 0.6 is 11.6 Å². The van der Waals surface area contributed by atoms with Gasteiger partial charge in [0.2, 0.25) is 0 Å². The molecule has 0 atom stereocenters. The Morgan fingerprint density at radius 1 is 1.38 bits per heavy atom. The minimum Gasteiger partial charge on any atom is -0.463 e. The van der Waals surface area contributed by atoms with Crippen LogP contribution in [0.15, 0.2) is 18.2 Å². The van der Waals surface area contributed by atoms with Gasteiger partial charge in [-0.15, -0.1) is 0 Å². The number of halogens is 1. The van der Waals surface area contributed by atoms with Crippen molar-refractivity contribution < 1.29 is 9.53 Å². The van der Waals surface area contributed by atoms with Crippen LogP contribution < -0.4 is 0 Å². The molecule has 0 amide bonds. The molecule has 0 aliphatic carbocycles. The lowest BCUT2D eigenvalue weighted by molar-refractivity contribution is -0.137. The number of carbonyl (C=O) groups is 1. The Hall–Kier alpha value is -1.28. The second kappa shape index (κ2) is 5.71. The molecule has 0 bridgehead atoms. The molecule has 2 nitrogen and oxygen atoms in total. The number of hydrogen-bond acceptors (Lipinski definition) is 2. The quantitative estimate of drug-likeness (QED) is 0.595. The van der Waals surface area contributed by atoms with E-state index in [0.717, 1.165) is 16.7 Å². The van der Waals surface area contributed by atoms with Gasteiger partial charge >= 0.3 is 5.97 Å². The largest absolute Gasteiger partial charge is 0.463 e. The predicted molar refractivity (Wildman–Crippen MR) is 66.6 cm³/mol. The average Bonchev–Trinajstić information content (AvgIpc) is 2.16. The molecule has 0 aliphatic heterocycles. The number of hydrogen-bond donors (Lipinski definition) is 0. The molecule has 16 heavy (non-hydrogen) atoms. The highest BCUT2D eigenvalue weighted by atomic mass is 35.5. The highest BCUT2D eigenvalue weighted by Gasteiger charge is 2.02. The van der Waals surface area contributed by atoms with Crippen LogP contribution in [0.1, 0.15) is 23.6 Å². The van der Waals surface area contributed by atoms with E-state index in [1.54, 1.807) is 13.0 Å². The van der Waals surface area contributed by atoms with E-state index >= 15 is 0 Å². The molecule has 0 N–H and O–H groups in total. The summed E-state index contributed by atoms with van der Waals surface area (Å²) < 4.78 is 4.82. The van der Waals surface area contributed by atoms with Crippen LogP contribution in [0.3, 0.4) is 0 Å². The van der Waals surface area contributed by atoms with Crippen LogP contribution in [-0.4, -0.2) is 12.6 Å². The first-order valence-electron chi connectivity index (χ1n) is 5.16. The summed E-state index contributed by atoms with van der Waals surface area (Å²) in [5.74, 6) is -0.323. The van der Waals surface area contributed by atoms with E-state index in [0.29, 0.717) is 11.6 Å². The summed E-state index contributed by atoms with van der Waals surface area (Å²) in [6.07, 6.45) is 3.20. The van der Waals surface area contributed by atoms with Crippen LogP contribution in [0.5, 0.6) is 0 Å². The zero-order valence-corrected chi connectivity index (χ0v) is 10.5. The lowest BCUT2D eigenvalue weighted by Crippen LogP contribution is -1.99. The molecule has 1 aromatic rings. The third-order valence-corrected chi connectivity index (χ3v) is 2.45. The highest BCUT2D eigenvalue weighted by molar-refractivity contribution is 6.30. The van der Waals surface area contributed by atoms with Crippen LogP contribution in [-0.2, 0) is 9.53 Å². The van der Waals surface area contributed by atoms with Gasteiger partial charge in [-0.2, -0.15) is 0 Å². The number of aryl methyl sites for hydroxylation is 2. The topological polar surface area (TPSA) is 26.3 Å². The molecule has 0 aliphatic rings. The van der Waals surface area contributed by atoms with Crippen molar-refractivity contribution in [3.63, 3.8) is 0 Å². The fourth-order valence-corrected chi connectivity index (χ4v) is 1.85. The highest BCUT2D eigenvalue weighted by Crippen LogP contribution is 2.21. The number of benzene rings is 1. The molecule has 0 spiro atoms. The van der Waals surface area contributed by atoms with Crippen molar-refractivity contribution in [1.29, 1.82) is 0 Å². The molecule has 0 aromatic heterocycles. The van der Waals surface area contributed by atoms with Gasteiger partial charge in [-0.05, 0) is 55.7 Å². The van der Waals surface area contributed by atoms with E-state index in [-0.39, 0.29) is 5.97 Å². The van der Waals surface area contributed by atoms with Gasteiger partial charge in [0.1, 0.15) is 0 Å². The zero-order chi connectivity index (χ0) is 12.1.